The predicted molar refractivity (Wildman–Crippen MR) is 146 cm³/mol. The van der Waals surface area contributed by atoms with Gasteiger partial charge < -0.3 is 41.0 Å². The summed E-state index contributed by atoms with van der Waals surface area (Å²) in [6.45, 7) is 19.4. The van der Waals surface area contributed by atoms with E-state index >= 15 is 0 Å². The molecule has 13 heteroatoms. The van der Waals surface area contributed by atoms with Crippen molar-refractivity contribution in [3.63, 3.8) is 0 Å². The van der Waals surface area contributed by atoms with Crippen LogP contribution in [0.1, 0.15) is 78.0 Å². The van der Waals surface area contributed by atoms with Crippen molar-refractivity contribution in [1.82, 2.24) is 20.5 Å². The van der Waals surface area contributed by atoms with Gasteiger partial charge in [0, 0.05) is 24.9 Å². The molecule has 0 amide bonds. The molecule has 3 aliphatic heterocycles. The van der Waals surface area contributed by atoms with Gasteiger partial charge >= 0.3 is 6.01 Å². The molecule has 1 aromatic heterocycles. The number of aliphatic hydroxyl groups is 3. The Morgan fingerprint density at radius 3 is 1.82 bits per heavy atom. The lowest BCUT2D eigenvalue weighted by atomic mass is 10.1. The number of nitrogens with one attached hydrogen (secondary N) is 1. The zero-order valence-corrected chi connectivity index (χ0v) is 23.3. The Balaban J connectivity index is 0.000000271. The van der Waals surface area contributed by atoms with Crippen LogP contribution in [0.25, 0.3) is 4.95 Å². The molecule has 1 aromatic rings. The summed E-state index contributed by atoms with van der Waals surface area (Å²) >= 11 is 0. The fraction of sp³-hybridized carbons (Fsp3) is 0.840. The van der Waals surface area contributed by atoms with E-state index in [2.05, 4.69) is 25.6 Å². The Morgan fingerprint density at radius 2 is 1.47 bits per heavy atom. The van der Waals surface area contributed by atoms with E-state index in [4.69, 9.17) is 32.2 Å². The van der Waals surface area contributed by atoms with Crippen molar-refractivity contribution >= 4 is 11.9 Å². The van der Waals surface area contributed by atoms with Gasteiger partial charge in [-0.15, -0.1) is 5.01 Å². The first-order valence-corrected chi connectivity index (χ1v) is 13.5. The molecule has 0 saturated carbocycles. The Labute approximate surface area is 226 Å². The highest BCUT2D eigenvalue weighted by Gasteiger charge is 2.22. The molecule has 3 saturated heterocycles. The van der Waals surface area contributed by atoms with Gasteiger partial charge in [0.2, 0.25) is 0 Å². The number of aliphatic hydroxyl groups excluding tert-OH is 3. The van der Waals surface area contributed by atoms with E-state index in [1.807, 2.05) is 32.6 Å². The van der Waals surface area contributed by atoms with Crippen molar-refractivity contribution in [2.45, 2.75) is 90.4 Å². The molecule has 0 bridgehead atoms. The first kappa shape index (κ1) is 33.4. The summed E-state index contributed by atoms with van der Waals surface area (Å²) < 4.78 is 5.18. The van der Waals surface area contributed by atoms with E-state index in [9.17, 15) is 5.11 Å². The highest BCUT2D eigenvalue weighted by atomic mass is 16.5. The Kier molecular flexibility index (Phi) is 16.3. The summed E-state index contributed by atoms with van der Waals surface area (Å²) in [7, 11) is 0. The van der Waals surface area contributed by atoms with Gasteiger partial charge in [0.25, 0.3) is 0 Å². The summed E-state index contributed by atoms with van der Waals surface area (Å²) in [5.41, 5.74) is 5.12. The minimum atomic E-state index is -0.172. The van der Waals surface area contributed by atoms with Crippen LogP contribution in [0.3, 0.4) is 0 Å². The second-order valence-corrected chi connectivity index (χ2v) is 10.3. The van der Waals surface area contributed by atoms with Gasteiger partial charge in [-0.25, -0.2) is 0 Å². The standard InChI is InChI=1S/C10H17N3O2.C6H10N2O.C5H11NO.C4H10N2O/c1-7(2)9-11-10(15-12-9)13-5-3-8(14)4-6-13;1-7-8-4-2-6(9)3-5-8;7-5-1-3-6-4-2-5;1-3(2)4(5)6-7/h7-8,14H,3-6H2,1-2H3;6,9H,2-5H2;5-7H,1-4H2;3,7H,1-2H3,(H2,5,6). The van der Waals surface area contributed by atoms with E-state index in [1.54, 1.807) is 5.01 Å². The zero-order valence-electron chi connectivity index (χ0n) is 23.3. The van der Waals surface area contributed by atoms with Crippen molar-refractivity contribution in [2.24, 2.45) is 16.8 Å². The third-order valence-electron chi connectivity index (χ3n) is 6.28. The van der Waals surface area contributed by atoms with Gasteiger partial charge in [-0.2, -0.15) is 16.5 Å². The van der Waals surface area contributed by atoms with Crippen molar-refractivity contribution in [1.29, 1.82) is 0 Å². The van der Waals surface area contributed by atoms with Crippen LogP contribution in [0.2, 0.25) is 0 Å². The molecule has 13 nitrogen and oxygen atoms in total. The first-order valence-electron chi connectivity index (χ1n) is 13.5. The second kappa shape index (κ2) is 18.6. The summed E-state index contributed by atoms with van der Waals surface area (Å²) in [6, 6.07) is 0.589. The molecule has 0 spiro atoms. The average Bonchev–Trinajstić information content (AvgIpc) is 3.41. The number of anilines is 1. The molecule has 0 unspecified atom stereocenters. The summed E-state index contributed by atoms with van der Waals surface area (Å²) in [5.74, 6) is 1.46. The first-order chi connectivity index (χ1) is 18.1. The largest absolute Gasteiger partial charge is 0.409 e. The number of nitrogens with zero attached hydrogens (tertiary/aromatic N) is 6. The van der Waals surface area contributed by atoms with Gasteiger partial charge in [0.15, 0.2) is 5.82 Å². The number of hydrogen-bond donors (Lipinski definition) is 6. The molecule has 4 heterocycles. The van der Waals surface area contributed by atoms with E-state index in [0.29, 0.717) is 6.01 Å². The number of nitrogens with two attached hydrogens (primary N) is 1. The van der Waals surface area contributed by atoms with Crippen LogP contribution >= 0.6 is 0 Å². The lowest BCUT2D eigenvalue weighted by molar-refractivity contribution is 0.101. The number of amidine groups is 1. The van der Waals surface area contributed by atoms with Gasteiger partial charge in [-0.3, -0.25) is 0 Å². The molecule has 0 aliphatic carbocycles. The Hall–Kier alpha value is -2.66. The molecule has 218 valence electrons. The molecule has 3 fully saturated rings. The maximum atomic E-state index is 9.37. The van der Waals surface area contributed by atoms with Crippen LogP contribution in [-0.2, 0) is 0 Å². The van der Waals surface area contributed by atoms with Gasteiger partial charge in [-0.1, -0.05) is 38.0 Å². The average molecular weight is 541 g/mol. The quantitative estimate of drug-likeness (QED) is 0.108. The van der Waals surface area contributed by atoms with Gasteiger partial charge in [0.1, 0.15) is 5.84 Å². The van der Waals surface area contributed by atoms with E-state index in [0.717, 1.165) is 83.6 Å². The summed E-state index contributed by atoms with van der Waals surface area (Å²) in [4.78, 5) is 9.61. The predicted octanol–water partition coefficient (Wildman–Crippen LogP) is 1.55. The zero-order chi connectivity index (χ0) is 28.5. The van der Waals surface area contributed by atoms with E-state index in [1.165, 1.54) is 0 Å². The molecule has 3 aliphatic rings. The fourth-order valence-electron chi connectivity index (χ4n) is 3.52. The maximum absolute atomic E-state index is 9.37. The van der Waals surface area contributed by atoms with E-state index < -0.39 is 0 Å². The monoisotopic (exact) mass is 540 g/mol. The number of rotatable bonds is 3. The maximum Gasteiger partial charge on any atom is 0.324 e. The number of piperidine rings is 3. The topological polar surface area (TPSA) is 181 Å². The smallest absolute Gasteiger partial charge is 0.324 e. The summed E-state index contributed by atoms with van der Waals surface area (Å²) in [5, 5.41) is 46.7. The van der Waals surface area contributed by atoms with Crippen molar-refractivity contribution in [2.75, 3.05) is 44.2 Å². The van der Waals surface area contributed by atoms with Crippen molar-refractivity contribution in [3.05, 3.63) is 17.4 Å². The Morgan fingerprint density at radius 1 is 0.974 bits per heavy atom. The highest BCUT2D eigenvalue weighted by Crippen LogP contribution is 2.20. The van der Waals surface area contributed by atoms with Crippen LogP contribution in [0.15, 0.2) is 9.68 Å². The van der Waals surface area contributed by atoms with Crippen molar-refractivity contribution < 1.29 is 25.0 Å². The fourth-order valence-corrected chi connectivity index (χ4v) is 3.52. The number of hydrogen-bond acceptors (Lipinski definition) is 11. The normalized spacial score (nSPS) is 19.5. The van der Waals surface area contributed by atoms with Crippen LogP contribution in [0.5, 0.6) is 0 Å². The SMILES string of the molecule is CC(C)/C(N)=N/O.CC(C)c1noc(N2CCC(O)CC2)n1.OC1CCNCC1.[C-]#[N+]N1CCC(O)CC1. The molecular weight excluding hydrogens is 492 g/mol. The molecule has 0 aromatic carbocycles. The van der Waals surface area contributed by atoms with E-state index in [-0.39, 0.29) is 36.0 Å². The van der Waals surface area contributed by atoms with Crippen LogP contribution in [0, 0.1) is 12.5 Å². The van der Waals surface area contributed by atoms with Crippen LogP contribution in [-0.4, -0.2) is 99.1 Å². The molecular formula is C25H48N8O5. The molecule has 0 radical (unpaired) electrons. The Bertz CT molecular complexity index is 807. The summed E-state index contributed by atoms with van der Waals surface area (Å²) in [6.07, 6.45) is 4.56. The van der Waals surface area contributed by atoms with Gasteiger partial charge in [0.05, 0.1) is 31.4 Å². The third kappa shape index (κ3) is 13.8. The van der Waals surface area contributed by atoms with Crippen LogP contribution < -0.4 is 16.0 Å². The third-order valence-corrected chi connectivity index (χ3v) is 6.28. The number of aromatic nitrogens is 2. The van der Waals surface area contributed by atoms with Gasteiger partial charge in [-0.05, 0) is 51.6 Å². The second-order valence-electron chi connectivity index (χ2n) is 10.3. The lowest BCUT2D eigenvalue weighted by Crippen LogP contribution is -2.36. The molecule has 0 atom stereocenters. The lowest BCUT2D eigenvalue weighted by Gasteiger charge is -2.27. The molecule has 38 heavy (non-hydrogen) atoms. The minimum Gasteiger partial charge on any atom is -0.409 e. The van der Waals surface area contributed by atoms with Crippen LogP contribution in [0.4, 0.5) is 6.01 Å². The minimum absolute atomic E-state index is 0.0266. The van der Waals surface area contributed by atoms with Crippen molar-refractivity contribution in [3.8, 4) is 0 Å². The molecule has 4 rings (SSSR count). The number of oxime groups is 1. The highest BCUT2D eigenvalue weighted by molar-refractivity contribution is 5.81. The molecule has 7 N–H and O–H groups in total.